The molecule has 8 nitrogen and oxygen atoms in total. The molecule has 1 heterocycles. The third-order valence-corrected chi connectivity index (χ3v) is 7.32. The van der Waals surface area contributed by atoms with Crippen LogP contribution in [0.1, 0.15) is 53.7 Å². The van der Waals surface area contributed by atoms with Gasteiger partial charge in [-0.3, -0.25) is 19.4 Å². The molecule has 2 aromatic rings. The molecule has 3 atom stereocenters. The molecule has 3 unspecified atom stereocenters. The van der Waals surface area contributed by atoms with E-state index >= 15 is 4.39 Å². The molecule has 1 aliphatic rings. The Balaban J connectivity index is 1.84. The van der Waals surface area contributed by atoms with Crippen LogP contribution >= 0.6 is 0 Å². The van der Waals surface area contributed by atoms with Gasteiger partial charge in [0.2, 0.25) is 5.91 Å². The summed E-state index contributed by atoms with van der Waals surface area (Å²) in [5.41, 5.74) is 2.39. The average Bonchev–Trinajstić information content (AvgIpc) is 2.90. The van der Waals surface area contributed by atoms with Crippen LogP contribution in [-0.2, 0) is 32.8 Å². The van der Waals surface area contributed by atoms with E-state index in [-0.39, 0.29) is 36.9 Å². The highest BCUT2D eigenvalue weighted by Crippen LogP contribution is 2.31. The fraction of sp³-hybridized carbons (Fsp3) is 0.483. The van der Waals surface area contributed by atoms with Gasteiger partial charge in [0, 0.05) is 56.3 Å². The summed E-state index contributed by atoms with van der Waals surface area (Å²) < 4.78 is 27.5. The van der Waals surface area contributed by atoms with E-state index in [2.05, 4.69) is 24.1 Å². The quantitative estimate of drug-likeness (QED) is 0.296. The fourth-order valence-electron chi connectivity index (χ4n) is 5.25. The van der Waals surface area contributed by atoms with E-state index in [0.29, 0.717) is 35.4 Å². The van der Waals surface area contributed by atoms with Gasteiger partial charge >= 0.3 is 0 Å². The van der Waals surface area contributed by atoms with E-state index in [9.17, 15) is 14.4 Å². The van der Waals surface area contributed by atoms with Crippen LogP contribution in [0, 0.1) is 5.82 Å². The maximum atomic E-state index is 15.2. The highest BCUT2D eigenvalue weighted by molar-refractivity contribution is 6.39. The topological polar surface area (TPSA) is 88.2 Å². The Morgan fingerprint density at radius 3 is 2.58 bits per heavy atom. The maximum absolute atomic E-state index is 15.2. The van der Waals surface area contributed by atoms with Gasteiger partial charge < -0.3 is 19.6 Å². The Bertz CT molecular complexity index is 1190. The second-order valence-electron chi connectivity index (χ2n) is 11.2. The maximum Gasteiger partial charge on any atom is 0.219 e. The first-order valence-corrected chi connectivity index (χ1v) is 13.8. The lowest BCUT2D eigenvalue weighted by molar-refractivity contribution is -0.121. The van der Waals surface area contributed by atoms with Crippen molar-refractivity contribution in [1.82, 2.24) is 15.1 Å². The van der Waals surface area contributed by atoms with Gasteiger partial charge in [-0.15, -0.1) is 0 Å². The van der Waals surface area contributed by atoms with Crippen molar-refractivity contribution in [3.8, 4) is 5.75 Å². The standard InChI is InChI=1S/C29H40B2FN3O5/c1-19-13-35(14-20(2)39-19)15-21-8-10-26(32)25(12-21)29(30,31)40-27-7-5-6-22(17-36)24(27)16-34(4)23(18-37)9-11-28(38)33-3/h5-8,10,12,17-20,23H,9,11,13-16,30-31H2,1-4H3,(H,33,38). The van der Waals surface area contributed by atoms with E-state index in [4.69, 9.17) is 9.47 Å². The van der Waals surface area contributed by atoms with Crippen LogP contribution < -0.4 is 10.1 Å². The molecular weight excluding hydrogens is 511 g/mol. The number of hydrogen-bond donors (Lipinski definition) is 1. The molecule has 0 bridgehead atoms. The number of halogens is 1. The van der Waals surface area contributed by atoms with Crippen molar-refractivity contribution in [2.45, 2.75) is 63.4 Å². The molecule has 3 rings (SSSR count). The summed E-state index contributed by atoms with van der Waals surface area (Å²) in [5.74, 6) is -0.0999. The number of carbonyl (C=O) groups excluding carboxylic acids is 3. The average molecular weight is 551 g/mol. The molecule has 11 heteroatoms. The second kappa shape index (κ2) is 14.1. The minimum atomic E-state index is -1.07. The normalized spacial score (nSPS) is 18.8. The molecule has 0 saturated carbocycles. The second-order valence-corrected chi connectivity index (χ2v) is 11.2. The molecule has 0 aliphatic carbocycles. The number of ether oxygens (including phenoxy) is 2. The number of amides is 1. The Kier molecular flexibility index (Phi) is 11.1. The molecule has 1 fully saturated rings. The molecule has 1 amide bonds. The molecule has 40 heavy (non-hydrogen) atoms. The summed E-state index contributed by atoms with van der Waals surface area (Å²) in [6.07, 6.45) is 2.35. The van der Waals surface area contributed by atoms with E-state index in [1.807, 2.05) is 6.07 Å². The van der Waals surface area contributed by atoms with Crippen LogP contribution in [0.25, 0.3) is 0 Å². The van der Waals surface area contributed by atoms with Crippen molar-refractivity contribution in [3.63, 3.8) is 0 Å². The van der Waals surface area contributed by atoms with Gasteiger partial charge in [0.25, 0.3) is 0 Å². The summed E-state index contributed by atoms with van der Waals surface area (Å²) in [6, 6.07) is 9.73. The monoisotopic (exact) mass is 551 g/mol. The predicted molar refractivity (Wildman–Crippen MR) is 158 cm³/mol. The molecule has 1 N–H and O–H groups in total. The van der Waals surface area contributed by atoms with Gasteiger partial charge in [0.05, 0.1) is 23.6 Å². The summed E-state index contributed by atoms with van der Waals surface area (Å²) in [6.45, 7) is 6.61. The Morgan fingerprint density at radius 1 is 1.25 bits per heavy atom. The van der Waals surface area contributed by atoms with Gasteiger partial charge in [-0.05, 0) is 51.1 Å². The minimum Gasteiger partial charge on any atom is -0.501 e. The molecule has 2 aromatic carbocycles. The number of likely N-dealkylation sites (N-methyl/N-ethyl adjacent to an activating group) is 1. The van der Waals surface area contributed by atoms with Gasteiger partial charge in [0.1, 0.15) is 17.9 Å². The number of morpholine rings is 1. The van der Waals surface area contributed by atoms with Crippen molar-refractivity contribution < 1.29 is 28.2 Å². The highest BCUT2D eigenvalue weighted by Gasteiger charge is 2.29. The van der Waals surface area contributed by atoms with Crippen LogP contribution in [0.4, 0.5) is 4.39 Å². The molecular formula is C29H40B2FN3O5. The number of hydrogen-bond acceptors (Lipinski definition) is 7. The predicted octanol–water partition coefficient (Wildman–Crippen LogP) is 1.23. The van der Waals surface area contributed by atoms with E-state index < -0.39 is 11.4 Å². The van der Waals surface area contributed by atoms with Crippen LogP contribution in [0.3, 0.4) is 0 Å². The highest BCUT2D eigenvalue weighted by atomic mass is 19.1. The summed E-state index contributed by atoms with van der Waals surface area (Å²) in [4.78, 5) is 39.6. The smallest absolute Gasteiger partial charge is 0.219 e. The first-order chi connectivity index (χ1) is 19.0. The van der Waals surface area contributed by atoms with Crippen molar-refractivity contribution in [1.29, 1.82) is 0 Å². The van der Waals surface area contributed by atoms with Gasteiger partial charge in [0.15, 0.2) is 22.0 Å². The molecule has 0 spiro atoms. The first-order valence-electron chi connectivity index (χ1n) is 13.8. The SMILES string of the molecule is BC(B)(Oc1cccc(C=O)c1CN(C)C(C=O)CCC(=O)NC)c1cc(CN2CC(C)OC(C)C2)ccc1F. The van der Waals surface area contributed by atoms with Crippen molar-refractivity contribution in [2.24, 2.45) is 0 Å². The third-order valence-electron chi connectivity index (χ3n) is 7.32. The fourth-order valence-corrected chi connectivity index (χ4v) is 5.25. The largest absolute Gasteiger partial charge is 0.501 e. The summed E-state index contributed by atoms with van der Waals surface area (Å²) in [7, 11) is 6.91. The van der Waals surface area contributed by atoms with Gasteiger partial charge in [-0.2, -0.15) is 0 Å². The lowest BCUT2D eigenvalue weighted by Crippen LogP contribution is -2.44. The van der Waals surface area contributed by atoms with E-state index in [1.54, 1.807) is 59.0 Å². The van der Waals surface area contributed by atoms with Gasteiger partial charge in [-0.1, -0.05) is 18.2 Å². The Morgan fingerprint density at radius 2 is 1.95 bits per heavy atom. The molecule has 0 radical (unpaired) electrons. The number of nitrogens with one attached hydrogen (secondary N) is 1. The number of nitrogens with zero attached hydrogens (tertiary/aromatic N) is 2. The number of rotatable bonds is 13. The van der Waals surface area contributed by atoms with E-state index in [0.717, 1.165) is 31.2 Å². The zero-order valence-corrected chi connectivity index (χ0v) is 24.4. The van der Waals surface area contributed by atoms with E-state index in [1.165, 1.54) is 6.07 Å². The van der Waals surface area contributed by atoms with Crippen LogP contribution in [0.5, 0.6) is 5.75 Å². The minimum absolute atomic E-state index is 0.132. The molecule has 1 aliphatic heterocycles. The van der Waals surface area contributed by atoms with Crippen molar-refractivity contribution >= 4 is 34.2 Å². The zero-order chi connectivity index (χ0) is 29.4. The number of aldehydes is 2. The Hall–Kier alpha value is -3.01. The van der Waals surface area contributed by atoms with Gasteiger partial charge in [-0.25, -0.2) is 4.39 Å². The van der Waals surface area contributed by atoms with Crippen LogP contribution in [0.15, 0.2) is 36.4 Å². The molecule has 0 aromatic heterocycles. The zero-order valence-electron chi connectivity index (χ0n) is 24.4. The Labute approximate surface area is 238 Å². The number of benzene rings is 2. The lowest BCUT2D eigenvalue weighted by Gasteiger charge is -2.35. The molecule has 214 valence electrons. The van der Waals surface area contributed by atoms with Crippen molar-refractivity contribution in [3.05, 3.63) is 64.5 Å². The third kappa shape index (κ3) is 8.25. The van der Waals surface area contributed by atoms with Crippen molar-refractivity contribution in [2.75, 3.05) is 27.2 Å². The lowest BCUT2D eigenvalue weighted by atomic mass is 9.60. The van der Waals surface area contributed by atoms with Crippen LogP contribution in [-0.4, -0.2) is 89.4 Å². The summed E-state index contributed by atoms with van der Waals surface area (Å²) >= 11 is 0. The number of carbonyl (C=O) groups is 3. The first kappa shape index (κ1) is 31.5. The summed E-state index contributed by atoms with van der Waals surface area (Å²) in [5, 5.41) is 1.49. The van der Waals surface area contributed by atoms with Crippen LogP contribution in [0.2, 0.25) is 0 Å². The molecule has 1 saturated heterocycles.